The highest BCUT2D eigenvalue weighted by atomic mass is 16.3. The number of aromatic nitrogens is 3. The first-order valence-electron chi connectivity index (χ1n) is 10.2. The summed E-state index contributed by atoms with van der Waals surface area (Å²) in [5.41, 5.74) is 2.98. The molecule has 7 nitrogen and oxygen atoms in total. The second kappa shape index (κ2) is 7.09. The largest absolute Gasteiger partial charge is 0.453 e. The standard InChI is InChI=1S/C23H22N4O3/c1-13-9-21(29)27(17-5-3-4-6-17)22-18(13)12-24-23(26-22)25-16-7-8-19-15(10-16)11-20(30-19)14(2)28/h7-12,17H,3-6H2,1-2H3,(H,24,25,26). The number of ketones is 1. The Labute approximate surface area is 172 Å². The van der Waals surface area contributed by atoms with Crippen LogP contribution in [0.5, 0.6) is 0 Å². The van der Waals surface area contributed by atoms with Crippen LogP contribution in [-0.2, 0) is 0 Å². The van der Waals surface area contributed by atoms with Crippen LogP contribution in [0.2, 0.25) is 0 Å². The van der Waals surface area contributed by atoms with Crippen molar-refractivity contribution in [2.45, 2.75) is 45.6 Å². The van der Waals surface area contributed by atoms with Gasteiger partial charge in [-0.05, 0) is 49.6 Å². The molecular weight excluding hydrogens is 380 g/mol. The van der Waals surface area contributed by atoms with Crippen molar-refractivity contribution < 1.29 is 9.21 Å². The number of pyridine rings is 1. The summed E-state index contributed by atoms with van der Waals surface area (Å²) in [5.74, 6) is 0.646. The zero-order valence-electron chi connectivity index (χ0n) is 16.9. The summed E-state index contributed by atoms with van der Waals surface area (Å²) < 4.78 is 7.38. The van der Waals surface area contributed by atoms with Gasteiger partial charge in [0.25, 0.3) is 5.56 Å². The number of carbonyl (C=O) groups is 1. The number of aryl methyl sites for hydroxylation is 1. The SMILES string of the molecule is CC(=O)c1cc2cc(Nc3ncc4c(C)cc(=O)n(C5CCCC5)c4n3)ccc2o1. The number of Topliss-reactive ketones (excluding diaryl/α,β-unsaturated/α-hetero) is 1. The lowest BCUT2D eigenvalue weighted by Gasteiger charge is -2.17. The van der Waals surface area contributed by atoms with E-state index in [1.54, 1.807) is 18.3 Å². The minimum absolute atomic E-state index is 0.00636. The Morgan fingerprint density at radius 2 is 2.00 bits per heavy atom. The molecule has 0 amide bonds. The third-order valence-corrected chi connectivity index (χ3v) is 5.81. The molecule has 3 aromatic heterocycles. The number of rotatable bonds is 4. The Morgan fingerprint density at radius 3 is 2.77 bits per heavy atom. The van der Waals surface area contributed by atoms with Crippen molar-refractivity contribution in [2.24, 2.45) is 0 Å². The lowest BCUT2D eigenvalue weighted by molar-refractivity contribution is 0.0989. The number of nitrogens with zero attached hydrogens (tertiary/aromatic N) is 3. The number of furan rings is 1. The Bertz CT molecular complexity index is 1350. The molecule has 1 aromatic carbocycles. The second-order valence-corrected chi connectivity index (χ2v) is 7.95. The summed E-state index contributed by atoms with van der Waals surface area (Å²) in [5, 5.41) is 4.94. The molecule has 0 radical (unpaired) electrons. The first-order chi connectivity index (χ1) is 14.5. The lowest BCUT2D eigenvalue weighted by Crippen LogP contribution is -2.24. The molecule has 152 valence electrons. The number of anilines is 2. The van der Waals surface area contributed by atoms with Crippen LogP contribution in [0.25, 0.3) is 22.0 Å². The maximum atomic E-state index is 12.8. The summed E-state index contributed by atoms with van der Waals surface area (Å²) >= 11 is 0. The van der Waals surface area contributed by atoms with Crippen LogP contribution in [0.4, 0.5) is 11.6 Å². The van der Waals surface area contributed by atoms with Gasteiger partial charge in [-0.25, -0.2) is 4.98 Å². The summed E-state index contributed by atoms with van der Waals surface area (Å²) in [6.45, 7) is 3.39. The molecule has 0 atom stereocenters. The Hall–Kier alpha value is -3.48. The van der Waals surface area contributed by atoms with E-state index in [9.17, 15) is 9.59 Å². The fraction of sp³-hybridized carbons (Fsp3) is 0.304. The van der Waals surface area contributed by atoms with E-state index in [4.69, 9.17) is 9.40 Å². The van der Waals surface area contributed by atoms with Gasteiger partial charge in [0.1, 0.15) is 11.2 Å². The van der Waals surface area contributed by atoms with Crippen molar-refractivity contribution in [1.29, 1.82) is 0 Å². The topological polar surface area (TPSA) is 90.0 Å². The normalized spacial score (nSPS) is 14.6. The molecule has 7 heteroatoms. The van der Waals surface area contributed by atoms with Gasteiger partial charge in [-0.2, -0.15) is 4.98 Å². The maximum absolute atomic E-state index is 12.8. The van der Waals surface area contributed by atoms with Gasteiger partial charge in [-0.1, -0.05) is 12.8 Å². The van der Waals surface area contributed by atoms with Gasteiger partial charge in [0.05, 0.1) is 0 Å². The second-order valence-electron chi connectivity index (χ2n) is 7.95. The fourth-order valence-corrected chi connectivity index (χ4v) is 4.27. The Balaban J connectivity index is 1.56. The van der Waals surface area contributed by atoms with E-state index in [1.807, 2.05) is 29.7 Å². The fourth-order valence-electron chi connectivity index (χ4n) is 4.27. The van der Waals surface area contributed by atoms with Crippen LogP contribution < -0.4 is 10.9 Å². The number of hydrogen-bond acceptors (Lipinski definition) is 6. The minimum Gasteiger partial charge on any atom is -0.453 e. The van der Waals surface area contributed by atoms with Gasteiger partial charge in [0.15, 0.2) is 11.5 Å². The summed E-state index contributed by atoms with van der Waals surface area (Å²) in [4.78, 5) is 33.5. The van der Waals surface area contributed by atoms with Crippen LogP contribution in [0.15, 0.2) is 45.7 Å². The first-order valence-corrected chi connectivity index (χ1v) is 10.2. The van der Waals surface area contributed by atoms with Crippen molar-refractivity contribution in [1.82, 2.24) is 14.5 Å². The van der Waals surface area contributed by atoms with Gasteiger partial charge in [-0.15, -0.1) is 0 Å². The van der Waals surface area contributed by atoms with Gasteiger partial charge >= 0.3 is 0 Å². The summed E-state index contributed by atoms with van der Waals surface area (Å²) in [7, 11) is 0. The predicted molar refractivity (Wildman–Crippen MR) is 116 cm³/mol. The van der Waals surface area contributed by atoms with Crippen LogP contribution in [-0.4, -0.2) is 20.3 Å². The van der Waals surface area contributed by atoms with Crippen molar-refractivity contribution in [2.75, 3.05) is 5.32 Å². The molecule has 1 aliphatic carbocycles. The van der Waals surface area contributed by atoms with Gasteiger partial charge in [0, 0.05) is 41.7 Å². The van der Waals surface area contributed by atoms with Crippen LogP contribution in [0.1, 0.15) is 54.8 Å². The Kier molecular flexibility index (Phi) is 4.38. The maximum Gasteiger partial charge on any atom is 0.252 e. The quantitative estimate of drug-likeness (QED) is 0.488. The van der Waals surface area contributed by atoms with E-state index in [2.05, 4.69) is 10.3 Å². The highest BCUT2D eigenvalue weighted by molar-refractivity contribution is 5.96. The van der Waals surface area contributed by atoms with Gasteiger partial charge in [0.2, 0.25) is 5.95 Å². The van der Waals surface area contributed by atoms with E-state index in [0.717, 1.165) is 47.7 Å². The highest BCUT2D eigenvalue weighted by Crippen LogP contribution is 2.31. The summed E-state index contributed by atoms with van der Waals surface area (Å²) in [6, 6.07) is 9.14. The molecule has 0 spiro atoms. The molecule has 0 bridgehead atoms. The number of fused-ring (bicyclic) bond motifs is 2. The van der Waals surface area contributed by atoms with E-state index in [-0.39, 0.29) is 17.4 Å². The van der Waals surface area contributed by atoms with Crippen LogP contribution >= 0.6 is 0 Å². The van der Waals surface area contributed by atoms with Crippen LogP contribution in [0, 0.1) is 6.92 Å². The molecule has 1 saturated carbocycles. The monoisotopic (exact) mass is 402 g/mol. The number of nitrogens with one attached hydrogen (secondary N) is 1. The van der Waals surface area contributed by atoms with Crippen molar-refractivity contribution >= 4 is 39.4 Å². The zero-order chi connectivity index (χ0) is 20.8. The van der Waals surface area contributed by atoms with E-state index >= 15 is 0 Å². The first kappa shape index (κ1) is 18.5. The average Bonchev–Trinajstić information content (AvgIpc) is 3.37. The molecule has 3 heterocycles. The molecule has 5 rings (SSSR count). The van der Waals surface area contributed by atoms with E-state index < -0.39 is 0 Å². The smallest absolute Gasteiger partial charge is 0.252 e. The average molecular weight is 402 g/mol. The molecule has 1 N–H and O–H groups in total. The van der Waals surface area contributed by atoms with E-state index in [1.165, 1.54) is 6.92 Å². The highest BCUT2D eigenvalue weighted by Gasteiger charge is 2.21. The van der Waals surface area contributed by atoms with E-state index in [0.29, 0.717) is 22.9 Å². The predicted octanol–water partition coefficient (Wildman–Crippen LogP) is 4.91. The zero-order valence-corrected chi connectivity index (χ0v) is 16.9. The molecule has 4 aromatic rings. The molecular formula is C23H22N4O3. The molecule has 1 aliphatic rings. The third-order valence-electron chi connectivity index (χ3n) is 5.81. The van der Waals surface area contributed by atoms with Crippen LogP contribution in [0.3, 0.4) is 0 Å². The van der Waals surface area contributed by atoms with Crippen molar-refractivity contribution in [3.05, 3.63) is 58.2 Å². The number of carbonyl (C=O) groups excluding carboxylic acids is 1. The number of hydrogen-bond donors (Lipinski definition) is 1. The summed E-state index contributed by atoms with van der Waals surface area (Å²) in [6.07, 6.45) is 6.04. The molecule has 0 unspecified atom stereocenters. The molecule has 0 aliphatic heterocycles. The molecule has 0 saturated heterocycles. The molecule has 30 heavy (non-hydrogen) atoms. The number of benzene rings is 1. The Morgan fingerprint density at radius 1 is 1.20 bits per heavy atom. The molecule has 1 fully saturated rings. The minimum atomic E-state index is -0.112. The third kappa shape index (κ3) is 3.16. The van der Waals surface area contributed by atoms with Gasteiger partial charge < -0.3 is 9.73 Å². The van der Waals surface area contributed by atoms with Crippen molar-refractivity contribution in [3.63, 3.8) is 0 Å². The van der Waals surface area contributed by atoms with Gasteiger partial charge in [-0.3, -0.25) is 14.2 Å². The lowest BCUT2D eigenvalue weighted by atomic mass is 10.1. The van der Waals surface area contributed by atoms with Crippen molar-refractivity contribution in [3.8, 4) is 0 Å².